The molecule has 4 heteroatoms. The Morgan fingerprint density at radius 3 is 2.38 bits per heavy atom. The number of likely N-dealkylation sites (tertiary alicyclic amines) is 1. The molecule has 1 fully saturated rings. The second-order valence-corrected chi connectivity index (χ2v) is 5.80. The van der Waals surface area contributed by atoms with Crippen LogP contribution in [0.2, 0.25) is 0 Å². The molecule has 1 atom stereocenters. The molecule has 0 aromatic heterocycles. The van der Waals surface area contributed by atoms with Gasteiger partial charge >= 0.3 is 0 Å². The molecule has 0 spiro atoms. The lowest BCUT2D eigenvalue weighted by atomic mass is 9.81. The molecule has 2 rings (SSSR count). The van der Waals surface area contributed by atoms with E-state index in [1.165, 1.54) is 26.0 Å². The van der Waals surface area contributed by atoms with Crippen molar-refractivity contribution in [3.63, 3.8) is 0 Å². The third kappa shape index (κ3) is 2.92. The third-order valence-electron chi connectivity index (χ3n) is 4.96. The summed E-state index contributed by atoms with van der Waals surface area (Å²) in [6, 6.07) is 4.76. The topological polar surface area (TPSA) is 32.7 Å². The van der Waals surface area contributed by atoms with Crippen molar-refractivity contribution in [3.8, 4) is 5.75 Å². The number of ether oxygens (including phenoxy) is 1. The summed E-state index contributed by atoms with van der Waals surface area (Å²) in [5.74, 6) is -0.206. The van der Waals surface area contributed by atoms with E-state index in [1.54, 1.807) is 12.1 Å². The minimum Gasteiger partial charge on any atom is -0.494 e. The summed E-state index contributed by atoms with van der Waals surface area (Å²) in [6.45, 7) is 6.23. The Morgan fingerprint density at radius 1 is 1.29 bits per heavy atom. The lowest BCUT2D eigenvalue weighted by Crippen LogP contribution is -2.51. The van der Waals surface area contributed by atoms with Gasteiger partial charge in [0, 0.05) is 0 Å². The largest absolute Gasteiger partial charge is 0.494 e. The predicted octanol–water partition coefficient (Wildman–Crippen LogP) is 3.52. The zero-order valence-electron chi connectivity index (χ0n) is 13.2. The third-order valence-corrected chi connectivity index (χ3v) is 4.96. The molecule has 0 aliphatic carbocycles. The van der Waals surface area contributed by atoms with E-state index in [4.69, 9.17) is 4.74 Å². The molecule has 1 aliphatic rings. The smallest absolute Gasteiger partial charge is 0.165 e. The van der Waals surface area contributed by atoms with E-state index in [9.17, 15) is 9.50 Å². The van der Waals surface area contributed by atoms with E-state index in [-0.39, 0.29) is 11.3 Å². The Kier molecular flexibility index (Phi) is 5.22. The van der Waals surface area contributed by atoms with E-state index in [1.807, 2.05) is 0 Å². The number of hydrogen-bond acceptors (Lipinski definition) is 3. The molecule has 1 aromatic carbocycles. The van der Waals surface area contributed by atoms with Crippen LogP contribution in [-0.4, -0.2) is 35.7 Å². The van der Waals surface area contributed by atoms with Gasteiger partial charge in [0.05, 0.1) is 18.8 Å². The van der Waals surface area contributed by atoms with Gasteiger partial charge < -0.3 is 9.84 Å². The summed E-state index contributed by atoms with van der Waals surface area (Å²) in [5.41, 5.74) is 0.321. The Labute approximate surface area is 126 Å². The van der Waals surface area contributed by atoms with Crippen molar-refractivity contribution < 1.29 is 14.2 Å². The van der Waals surface area contributed by atoms with Crippen molar-refractivity contribution in [2.45, 2.75) is 51.2 Å². The highest BCUT2D eigenvalue weighted by Crippen LogP contribution is 2.40. The first-order chi connectivity index (χ1) is 10.1. The van der Waals surface area contributed by atoms with E-state index < -0.39 is 11.9 Å². The average Bonchev–Trinajstić information content (AvgIpc) is 3.03. The van der Waals surface area contributed by atoms with Crippen LogP contribution in [0.15, 0.2) is 18.2 Å². The summed E-state index contributed by atoms with van der Waals surface area (Å²) in [6.07, 6.45) is 3.35. The SMILES string of the molecule is CCC(CC)(C(O)c1ccc(OC)c(F)c1)N1CCCC1. The molecular formula is C17H26FNO2. The Balaban J connectivity index is 2.33. The molecule has 1 N–H and O–H groups in total. The lowest BCUT2D eigenvalue weighted by Gasteiger charge is -2.44. The molecule has 0 radical (unpaired) electrons. The van der Waals surface area contributed by atoms with Crippen LogP contribution in [0.1, 0.15) is 51.2 Å². The van der Waals surface area contributed by atoms with Crippen LogP contribution >= 0.6 is 0 Å². The molecule has 1 aromatic rings. The maximum absolute atomic E-state index is 13.9. The van der Waals surface area contributed by atoms with Crippen LogP contribution in [0.4, 0.5) is 4.39 Å². The van der Waals surface area contributed by atoms with Gasteiger partial charge in [-0.25, -0.2) is 4.39 Å². The summed E-state index contributed by atoms with van der Waals surface area (Å²) < 4.78 is 18.9. The Morgan fingerprint density at radius 2 is 1.90 bits per heavy atom. The normalized spacial score (nSPS) is 18.0. The number of methoxy groups -OCH3 is 1. The van der Waals surface area contributed by atoms with Crippen LogP contribution in [0, 0.1) is 5.82 Å². The molecule has 1 unspecified atom stereocenters. The second kappa shape index (κ2) is 6.75. The van der Waals surface area contributed by atoms with Crippen LogP contribution in [0.3, 0.4) is 0 Å². The van der Waals surface area contributed by atoms with Crippen molar-refractivity contribution in [3.05, 3.63) is 29.6 Å². The zero-order chi connectivity index (χ0) is 15.5. The van der Waals surface area contributed by atoms with Crippen LogP contribution < -0.4 is 4.74 Å². The molecule has 118 valence electrons. The highest BCUT2D eigenvalue weighted by atomic mass is 19.1. The fourth-order valence-electron chi connectivity index (χ4n) is 3.58. The number of rotatable bonds is 6. The predicted molar refractivity (Wildman–Crippen MR) is 82.0 cm³/mol. The highest BCUT2D eigenvalue weighted by molar-refractivity contribution is 5.32. The van der Waals surface area contributed by atoms with Gasteiger partial charge in [-0.15, -0.1) is 0 Å². The van der Waals surface area contributed by atoms with E-state index in [2.05, 4.69) is 18.7 Å². The first-order valence-corrected chi connectivity index (χ1v) is 7.85. The summed E-state index contributed by atoms with van der Waals surface area (Å²) in [5, 5.41) is 10.9. The van der Waals surface area contributed by atoms with E-state index >= 15 is 0 Å². The van der Waals surface area contributed by atoms with Gasteiger partial charge in [-0.3, -0.25) is 4.90 Å². The van der Waals surface area contributed by atoms with Crippen LogP contribution in [0.25, 0.3) is 0 Å². The lowest BCUT2D eigenvalue weighted by molar-refractivity contribution is -0.0296. The van der Waals surface area contributed by atoms with Crippen molar-refractivity contribution >= 4 is 0 Å². The Hall–Kier alpha value is -1.13. The minimum absolute atomic E-state index is 0.214. The number of aliphatic hydroxyl groups is 1. The Bertz CT molecular complexity index is 468. The molecule has 0 saturated carbocycles. The van der Waals surface area contributed by atoms with E-state index in [0.717, 1.165) is 25.9 Å². The summed E-state index contributed by atoms with van der Waals surface area (Å²) in [7, 11) is 1.45. The molecule has 1 heterocycles. The molecule has 1 aliphatic heterocycles. The van der Waals surface area contributed by atoms with Crippen molar-refractivity contribution in [1.29, 1.82) is 0 Å². The van der Waals surface area contributed by atoms with Gasteiger partial charge in [0.25, 0.3) is 0 Å². The van der Waals surface area contributed by atoms with Gasteiger partial charge in [0.1, 0.15) is 0 Å². The van der Waals surface area contributed by atoms with Gasteiger partial charge in [-0.2, -0.15) is 0 Å². The molecular weight excluding hydrogens is 269 g/mol. The van der Waals surface area contributed by atoms with Crippen LogP contribution in [-0.2, 0) is 0 Å². The molecule has 3 nitrogen and oxygen atoms in total. The average molecular weight is 295 g/mol. The number of hydrogen-bond donors (Lipinski definition) is 1. The van der Waals surface area contributed by atoms with Gasteiger partial charge in [0.15, 0.2) is 11.6 Å². The first-order valence-electron chi connectivity index (χ1n) is 7.85. The molecule has 0 bridgehead atoms. The van der Waals surface area contributed by atoms with Crippen molar-refractivity contribution in [1.82, 2.24) is 4.90 Å². The fourth-order valence-corrected chi connectivity index (χ4v) is 3.58. The highest BCUT2D eigenvalue weighted by Gasteiger charge is 2.42. The van der Waals surface area contributed by atoms with Crippen molar-refractivity contribution in [2.24, 2.45) is 0 Å². The van der Waals surface area contributed by atoms with Gasteiger partial charge in [0.2, 0.25) is 0 Å². The second-order valence-electron chi connectivity index (χ2n) is 5.80. The standard InChI is InChI=1S/C17H26FNO2/c1-4-17(5-2,19-10-6-7-11-19)16(20)13-8-9-15(21-3)14(18)12-13/h8-9,12,16,20H,4-7,10-11H2,1-3H3. The maximum Gasteiger partial charge on any atom is 0.165 e. The molecule has 21 heavy (non-hydrogen) atoms. The monoisotopic (exact) mass is 295 g/mol. The quantitative estimate of drug-likeness (QED) is 0.871. The minimum atomic E-state index is -0.689. The number of aliphatic hydroxyl groups excluding tert-OH is 1. The zero-order valence-corrected chi connectivity index (χ0v) is 13.2. The summed E-state index contributed by atoms with van der Waals surface area (Å²) in [4.78, 5) is 2.37. The van der Waals surface area contributed by atoms with Crippen molar-refractivity contribution in [2.75, 3.05) is 20.2 Å². The number of benzene rings is 1. The molecule has 1 saturated heterocycles. The first kappa shape index (κ1) is 16.2. The maximum atomic E-state index is 13.9. The van der Waals surface area contributed by atoms with Gasteiger partial charge in [-0.1, -0.05) is 19.9 Å². The van der Waals surface area contributed by atoms with Gasteiger partial charge in [-0.05, 0) is 56.5 Å². The van der Waals surface area contributed by atoms with E-state index in [0.29, 0.717) is 5.56 Å². The number of nitrogens with zero attached hydrogens (tertiary/aromatic N) is 1. The van der Waals surface area contributed by atoms with Crippen LogP contribution in [0.5, 0.6) is 5.75 Å². The molecule has 0 amide bonds. The fraction of sp³-hybridized carbons (Fsp3) is 0.647. The number of halogens is 1. The summed E-state index contributed by atoms with van der Waals surface area (Å²) >= 11 is 0.